The van der Waals surface area contributed by atoms with E-state index in [4.69, 9.17) is 0 Å². The lowest BCUT2D eigenvalue weighted by Gasteiger charge is -2.19. The number of carbonyl (C=O) groups is 1. The van der Waals surface area contributed by atoms with Crippen molar-refractivity contribution in [1.29, 1.82) is 0 Å². The third kappa shape index (κ3) is 2.38. The monoisotopic (exact) mass is 336 g/mol. The average molecular weight is 336 g/mol. The Morgan fingerprint density at radius 3 is 3.36 bits per heavy atom. The van der Waals surface area contributed by atoms with E-state index in [2.05, 4.69) is 22.5 Å². The van der Waals surface area contributed by atoms with E-state index in [0.717, 1.165) is 35.3 Å². The fraction of sp³-hybridized carbons (Fsp3) is 0.600. The summed E-state index contributed by atoms with van der Waals surface area (Å²) in [6, 6.07) is 0. The van der Waals surface area contributed by atoms with Gasteiger partial charge in [-0.2, -0.15) is 0 Å². The predicted molar refractivity (Wildman–Crippen MR) is 91.3 cm³/mol. The van der Waals surface area contributed by atoms with Gasteiger partial charge in [0.1, 0.15) is 5.69 Å². The molecule has 2 aliphatic rings. The highest BCUT2D eigenvalue weighted by molar-refractivity contribution is 7.59. The molecule has 2 saturated heterocycles. The first kappa shape index (κ1) is 14.6. The van der Waals surface area contributed by atoms with Gasteiger partial charge in [0, 0.05) is 30.4 Å². The van der Waals surface area contributed by atoms with Crippen LogP contribution in [0, 0.1) is 12.8 Å². The van der Waals surface area contributed by atoms with E-state index in [1.807, 2.05) is 22.9 Å². The molecule has 4 atom stereocenters. The third-order valence-corrected chi connectivity index (χ3v) is 9.06. The van der Waals surface area contributed by atoms with Crippen LogP contribution in [0.4, 0.5) is 0 Å². The minimum Gasteiger partial charge on any atom is -0.349 e. The summed E-state index contributed by atoms with van der Waals surface area (Å²) in [7, 11) is 0.0369. The van der Waals surface area contributed by atoms with Crippen LogP contribution in [-0.4, -0.2) is 46.0 Å². The lowest BCUT2D eigenvalue weighted by molar-refractivity contribution is 0.0946. The number of hydrogen-bond acceptors (Lipinski definition) is 4. The molecule has 118 valence electrons. The molecule has 4 rings (SSSR count). The molecule has 0 aliphatic carbocycles. The maximum absolute atomic E-state index is 12.6. The summed E-state index contributed by atoms with van der Waals surface area (Å²) in [6.07, 6.45) is 4.63. The fourth-order valence-electron chi connectivity index (χ4n) is 3.79. The molecule has 0 aromatic carbocycles. The highest BCUT2D eigenvalue weighted by atomic mass is 32.1. The van der Waals surface area contributed by atoms with E-state index in [1.54, 1.807) is 11.3 Å². The Bertz CT molecular complexity index is 712. The summed E-state index contributed by atoms with van der Waals surface area (Å²) in [5.74, 6) is 1.34. The number of aryl methyl sites for hydroxylation is 1. The summed E-state index contributed by atoms with van der Waals surface area (Å²) < 4.78 is 1.89. The molecule has 0 saturated carbocycles. The van der Waals surface area contributed by atoms with Gasteiger partial charge in [-0.1, -0.05) is 14.8 Å². The van der Waals surface area contributed by atoms with Crippen LogP contribution in [0.3, 0.4) is 0 Å². The summed E-state index contributed by atoms with van der Waals surface area (Å²) in [5, 5.41) is 8.72. The lowest BCUT2D eigenvalue weighted by atomic mass is 10.1. The van der Waals surface area contributed by atoms with E-state index < -0.39 is 0 Å². The van der Waals surface area contributed by atoms with Gasteiger partial charge in [-0.15, -0.1) is 11.3 Å². The second-order valence-corrected chi connectivity index (χ2v) is 10.0. The minimum atomic E-state index is -0.00380. The molecule has 22 heavy (non-hydrogen) atoms. The van der Waals surface area contributed by atoms with Gasteiger partial charge in [-0.25, -0.2) is 4.98 Å². The molecule has 4 heterocycles. The van der Waals surface area contributed by atoms with Crippen molar-refractivity contribution in [2.45, 2.75) is 31.7 Å². The van der Waals surface area contributed by atoms with Gasteiger partial charge in [0.25, 0.3) is 5.91 Å². The molecule has 0 bridgehead atoms. The summed E-state index contributed by atoms with van der Waals surface area (Å²) in [5.41, 5.74) is 2.35. The molecule has 0 radical (unpaired) electrons. The molecule has 2 aromatic heterocycles. The average Bonchev–Trinajstić information content (AvgIpc) is 3.17. The van der Waals surface area contributed by atoms with Crippen molar-refractivity contribution in [3.63, 3.8) is 0 Å². The number of carbonyl (C=O) groups excluding carboxylic acids is 1. The Hall–Kier alpha value is -0.970. The maximum Gasteiger partial charge on any atom is 0.270 e. The highest BCUT2D eigenvalue weighted by Gasteiger charge is 2.41. The zero-order valence-electron chi connectivity index (χ0n) is 12.9. The zero-order chi connectivity index (χ0) is 15.3. The van der Waals surface area contributed by atoms with Crippen LogP contribution in [0.5, 0.6) is 0 Å². The molecule has 1 amide bonds. The Morgan fingerprint density at radius 1 is 1.64 bits per heavy atom. The van der Waals surface area contributed by atoms with Crippen molar-refractivity contribution in [3.8, 4) is 0 Å². The standard InChI is InChI=1S/C15H21N4OPS/c1-9-5-11-6-16-12(21(11)8-9)7-17-14(20)13-10(2)18-15-19(13)3-4-22-15/h3-4,9,11-12,16H,5-8H2,1-2H3,(H,17,20)/t9?,11-,12?,21+/m0/s1. The molecule has 2 unspecified atom stereocenters. The quantitative estimate of drug-likeness (QED) is 0.845. The van der Waals surface area contributed by atoms with Crippen molar-refractivity contribution >= 4 is 30.1 Å². The number of thiazole rings is 1. The highest BCUT2D eigenvalue weighted by Crippen LogP contribution is 2.57. The molecule has 2 fully saturated rings. The first-order valence-electron chi connectivity index (χ1n) is 7.83. The van der Waals surface area contributed by atoms with E-state index in [9.17, 15) is 4.79 Å². The Balaban J connectivity index is 1.45. The number of hydrogen-bond donors (Lipinski definition) is 2. The first-order chi connectivity index (χ1) is 10.6. The van der Waals surface area contributed by atoms with Gasteiger partial charge in [0.05, 0.1) is 5.69 Å². The first-order valence-corrected chi connectivity index (χ1v) is 10.4. The number of nitrogens with one attached hydrogen (secondary N) is 2. The number of nitrogens with zero attached hydrogens (tertiary/aromatic N) is 2. The van der Waals surface area contributed by atoms with Crippen molar-refractivity contribution < 1.29 is 4.79 Å². The third-order valence-electron chi connectivity index (χ3n) is 4.76. The van der Waals surface area contributed by atoms with Crippen molar-refractivity contribution in [1.82, 2.24) is 20.0 Å². The predicted octanol–water partition coefficient (Wildman–Crippen LogP) is 2.25. The van der Waals surface area contributed by atoms with E-state index in [-0.39, 0.29) is 13.8 Å². The molecular weight excluding hydrogens is 315 g/mol. The van der Waals surface area contributed by atoms with Gasteiger partial charge in [0.15, 0.2) is 4.96 Å². The summed E-state index contributed by atoms with van der Waals surface area (Å²) in [6.45, 7) is 6.14. The van der Waals surface area contributed by atoms with Crippen LogP contribution < -0.4 is 10.6 Å². The second kappa shape index (κ2) is 5.59. The van der Waals surface area contributed by atoms with E-state index >= 15 is 0 Å². The molecule has 2 aliphatic heterocycles. The van der Waals surface area contributed by atoms with Gasteiger partial charge >= 0.3 is 0 Å². The van der Waals surface area contributed by atoms with Crippen LogP contribution in [0.1, 0.15) is 29.5 Å². The second-order valence-electron chi connectivity index (χ2n) is 6.43. The Labute approximate surface area is 135 Å². The Morgan fingerprint density at radius 2 is 2.50 bits per heavy atom. The summed E-state index contributed by atoms with van der Waals surface area (Å²) >= 11 is 1.56. The molecule has 2 aromatic rings. The molecule has 5 nitrogen and oxygen atoms in total. The number of aromatic nitrogens is 2. The number of amides is 1. The molecule has 7 heteroatoms. The van der Waals surface area contributed by atoms with E-state index in [0.29, 0.717) is 11.5 Å². The normalized spacial score (nSPS) is 30.8. The van der Waals surface area contributed by atoms with Crippen molar-refractivity contribution in [2.75, 3.05) is 19.3 Å². The molecule has 2 N–H and O–H groups in total. The molecular formula is C15H21N4OPS. The zero-order valence-corrected chi connectivity index (χ0v) is 14.6. The van der Waals surface area contributed by atoms with Crippen LogP contribution in [0.2, 0.25) is 0 Å². The van der Waals surface area contributed by atoms with Crippen LogP contribution in [0.25, 0.3) is 4.96 Å². The van der Waals surface area contributed by atoms with Gasteiger partial charge in [0.2, 0.25) is 0 Å². The number of rotatable bonds is 3. The van der Waals surface area contributed by atoms with Gasteiger partial charge in [-0.05, 0) is 31.1 Å². The van der Waals surface area contributed by atoms with Crippen LogP contribution >= 0.6 is 19.3 Å². The number of imidazole rings is 1. The minimum absolute atomic E-state index is 0.00380. The number of fused-ring (bicyclic) bond motifs is 2. The van der Waals surface area contributed by atoms with Gasteiger partial charge in [-0.3, -0.25) is 9.20 Å². The van der Waals surface area contributed by atoms with Crippen LogP contribution in [-0.2, 0) is 0 Å². The Kier molecular flexibility index (Phi) is 3.71. The molecule has 0 spiro atoms. The van der Waals surface area contributed by atoms with Crippen LogP contribution in [0.15, 0.2) is 11.6 Å². The topological polar surface area (TPSA) is 58.4 Å². The fourth-order valence-corrected chi connectivity index (χ4v) is 8.11. The smallest absolute Gasteiger partial charge is 0.270 e. The van der Waals surface area contributed by atoms with Gasteiger partial charge < -0.3 is 10.6 Å². The van der Waals surface area contributed by atoms with Crippen molar-refractivity contribution in [3.05, 3.63) is 23.0 Å². The van der Waals surface area contributed by atoms with E-state index in [1.165, 1.54) is 12.6 Å². The lowest BCUT2D eigenvalue weighted by Crippen LogP contribution is -2.37. The van der Waals surface area contributed by atoms with Crippen molar-refractivity contribution in [2.24, 2.45) is 5.92 Å². The SMILES string of the molecule is Cc1nc2sccn2c1C(=O)NCC1NC[C@@H]2CC(C)C[P@@]12. The maximum atomic E-state index is 12.6. The largest absolute Gasteiger partial charge is 0.349 e. The summed E-state index contributed by atoms with van der Waals surface area (Å²) in [4.78, 5) is 17.9.